The van der Waals surface area contributed by atoms with Crippen LogP contribution in [-0.2, 0) is 28.9 Å². The first-order valence-corrected chi connectivity index (χ1v) is 10.3. The Kier molecular flexibility index (Phi) is 5.19. The first-order valence-electron chi connectivity index (χ1n) is 10.3. The molecular weight excluding hydrogens is 360 g/mol. The highest BCUT2D eigenvalue weighted by Gasteiger charge is 2.45. The maximum Gasteiger partial charge on any atom is 0.140 e. The van der Waals surface area contributed by atoms with Gasteiger partial charge in [0, 0.05) is 41.7 Å². The molecule has 0 aromatic heterocycles. The number of aliphatic hydroxyl groups excluding tert-OH is 2. The smallest absolute Gasteiger partial charge is 0.140 e. The lowest BCUT2D eigenvalue weighted by molar-refractivity contribution is -0.146. The Morgan fingerprint density at radius 3 is 2.50 bits per heavy atom. The van der Waals surface area contributed by atoms with E-state index in [2.05, 4.69) is 0 Å². The molecule has 4 N–H and O–H groups in total. The number of benzene rings is 1. The predicted octanol–water partition coefficient (Wildman–Crippen LogP) is 1.82. The van der Waals surface area contributed by atoms with Crippen LogP contribution in [0.4, 0.5) is 0 Å². The maximum atomic E-state index is 12.9. The van der Waals surface area contributed by atoms with E-state index in [0.29, 0.717) is 68.1 Å². The monoisotopic (exact) mass is 388 g/mol. The van der Waals surface area contributed by atoms with Crippen LogP contribution in [0, 0.1) is 17.8 Å². The standard InChI is InChI=1S/C22H28O6/c23-13-3-5-15-17(9-13)21(27)11(7-19(15)25)1-2-12-8-20(26)16-6-4-14(24)10-18(16)22(12)28/h7,12-14,16,18,23-25,27H,1-6,8-10H2/t12?,13?,14?,16-,18-/m1/s1. The SMILES string of the molecule is O=C1CC(CCc2cc(O)c3c(c2O)CC(O)CC3)C(=O)[C@@H]2CC(O)CC[C@@H]12. The minimum absolute atomic E-state index is 0.0560. The summed E-state index contributed by atoms with van der Waals surface area (Å²) in [6.45, 7) is 0. The zero-order chi connectivity index (χ0) is 20.0. The van der Waals surface area contributed by atoms with Gasteiger partial charge in [-0.05, 0) is 56.6 Å². The third kappa shape index (κ3) is 3.44. The number of phenols is 2. The molecule has 1 aromatic carbocycles. The molecular formula is C22H28O6. The first kappa shape index (κ1) is 19.4. The number of rotatable bonds is 3. The van der Waals surface area contributed by atoms with Crippen LogP contribution in [0.25, 0.3) is 0 Å². The molecule has 1 aromatic rings. The van der Waals surface area contributed by atoms with Gasteiger partial charge in [0.2, 0.25) is 0 Å². The lowest BCUT2D eigenvalue weighted by Crippen LogP contribution is -2.45. The summed E-state index contributed by atoms with van der Waals surface area (Å²) in [5.41, 5.74) is 1.83. The van der Waals surface area contributed by atoms with E-state index in [-0.39, 0.29) is 41.3 Å². The van der Waals surface area contributed by atoms with Crippen molar-refractivity contribution in [3.63, 3.8) is 0 Å². The first-order chi connectivity index (χ1) is 13.3. The zero-order valence-electron chi connectivity index (χ0n) is 15.9. The number of aryl methyl sites for hydroxylation is 1. The second kappa shape index (κ2) is 7.48. The van der Waals surface area contributed by atoms with E-state index in [9.17, 15) is 30.0 Å². The summed E-state index contributed by atoms with van der Waals surface area (Å²) in [5.74, 6) is -0.640. The average molecular weight is 388 g/mol. The van der Waals surface area contributed by atoms with Crippen LogP contribution in [0.3, 0.4) is 0 Å². The quantitative estimate of drug-likeness (QED) is 0.587. The zero-order valence-corrected chi connectivity index (χ0v) is 15.9. The van der Waals surface area contributed by atoms with Gasteiger partial charge in [-0.1, -0.05) is 0 Å². The molecule has 6 heteroatoms. The number of aliphatic hydroxyl groups is 2. The van der Waals surface area contributed by atoms with Crippen molar-refractivity contribution in [1.82, 2.24) is 0 Å². The number of hydrogen-bond donors (Lipinski definition) is 4. The van der Waals surface area contributed by atoms with Crippen molar-refractivity contribution in [3.8, 4) is 11.5 Å². The number of carbonyl (C=O) groups is 2. The highest BCUT2D eigenvalue weighted by Crippen LogP contribution is 2.42. The molecule has 6 nitrogen and oxygen atoms in total. The van der Waals surface area contributed by atoms with E-state index in [4.69, 9.17) is 0 Å². The van der Waals surface area contributed by atoms with E-state index in [1.54, 1.807) is 6.07 Å². The van der Waals surface area contributed by atoms with Gasteiger partial charge in [-0.15, -0.1) is 0 Å². The Bertz CT molecular complexity index is 801. The van der Waals surface area contributed by atoms with Crippen LogP contribution in [0.5, 0.6) is 11.5 Å². The van der Waals surface area contributed by atoms with E-state index < -0.39 is 18.1 Å². The van der Waals surface area contributed by atoms with Gasteiger partial charge in [0.1, 0.15) is 23.1 Å². The van der Waals surface area contributed by atoms with Crippen molar-refractivity contribution in [3.05, 3.63) is 22.8 Å². The Morgan fingerprint density at radius 1 is 0.929 bits per heavy atom. The molecule has 0 saturated heterocycles. The molecule has 0 heterocycles. The fraction of sp³-hybridized carbons (Fsp3) is 0.636. The molecule has 0 aliphatic heterocycles. The molecule has 0 radical (unpaired) electrons. The average Bonchev–Trinajstić information content (AvgIpc) is 2.66. The van der Waals surface area contributed by atoms with Gasteiger partial charge in [0.05, 0.1) is 12.2 Å². The molecule has 28 heavy (non-hydrogen) atoms. The lowest BCUT2D eigenvalue weighted by atomic mass is 9.64. The van der Waals surface area contributed by atoms with E-state index >= 15 is 0 Å². The van der Waals surface area contributed by atoms with E-state index in [1.807, 2.05) is 0 Å². The van der Waals surface area contributed by atoms with Gasteiger partial charge in [-0.3, -0.25) is 9.59 Å². The minimum Gasteiger partial charge on any atom is -0.508 e. The number of aromatic hydroxyl groups is 2. The molecule has 3 unspecified atom stereocenters. The Balaban J connectivity index is 1.50. The number of phenolic OH excluding ortho intramolecular Hbond substituents is 2. The minimum atomic E-state index is -0.528. The Hall–Kier alpha value is -1.92. The maximum absolute atomic E-state index is 12.9. The largest absolute Gasteiger partial charge is 0.508 e. The van der Waals surface area contributed by atoms with Crippen molar-refractivity contribution in [1.29, 1.82) is 0 Å². The molecule has 4 rings (SSSR count). The summed E-state index contributed by atoms with van der Waals surface area (Å²) in [6, 6.07) is 1.55. The molecule has 0 bridgehead atoms. The molecule has 5 atom stereocenters. The predicted molar refractivity (Wildman–Crippen MR) is 101 cm³/mol. The van der Waals surface area contributed by atoms with Crippen LogP contribution in [0.1, 0.15) is 55.2 Å². The number of hydrogen-bond acceptors (Lipinski definition) is 6. The van der Waals surface area contributed by atoms with Gasteiger partial charge in [-0.25, -0.2) is 0 Å². The highest BCUT2D eigenvalue weighted by molar-refractivity contribution is 5.98. The second-order valence-corrected chi connectivity index (χ2v) is 8.75. The molecule has 152 valence electrons. The van der Waals surface area contributed by atoms with Crippen LogP contribution >= 0.6 is 0 Å². The molecule has 2 saturated carbocycles. The summed E-state index contributed by atoms with van der Waals surface area (Å²) in [7, 11) is 0. The van der Waals surface area contributed by atoms with Crippen molar-refractivity contribution in [2.24, 2.45) is 17.8 Å². The Morgan fingerprint density at radius 2 is 1.71 bits per heavy atom. The van der Waals surface area contributed by atoms with Gasteiger partial charge in [0.15, 0.2) is 0 Å². The molecule has 0 spiro atoms. The second-order valence-electron chi connectivity index (χ2n) is 8.75. The normalized spacial score (nSPS) is 32.7. The molecule has 3 aliphatic carbocycles. The van der Waals surface area contributed by atoms with Crippen molar-refractivity contribution >= 4 is 11.6 Å². The summed E-state index contributed by atoms with van der Waals surface area (Å²) in [5, 5.41) is 40.8. The number of ketones is 2. The number of fused-ring (bicyclic) bond motifs is 2. The topological polar surface area (TPSA) is 115 Å². The fourth-order valence-corrected chi connectivity index (χ4v) is 5.37. The highest BCUT2D eigenvalue weighted by atomic mass is 16.3. The van der Waals surface area contributed by atoms with Crippen LogP contribution in [0.15, 0.2) is 6.07 Å². The fourth-order valence-electron chi connectivity index (χ4n) is 5.37. The van der Waals surface area contributed by atoms with Gasteiger partial charge in [0.25, 0.3) is 0 Å². The van der Waals surface area contributed by atoms with Gasteiger partial charge >= 0.3 is 0 Å². The summed E-state index contributed by atoms with van der Waals surface area (Å²) < 4.78 is 0. The number of Topliss-reactive ketones (excluding diaryl/α,β-unsaturated/α-hetero) is 2. The summed E-state index contributed by atoms with van der Waals surface area (Å²) in [4.78, 5) is 25.4. The van der Waals surface area contributed by atoms with Crippen molar-refractivity contribution in [2.75, 3.05) is 0 Å². The molecule has 2 fully saturated rings. The third-order valence-corrected chi connectivity index (χ3v) is 6.96. The van der Waals surface area contributed by atoms with Crippen molar-refractivity contribution < 1.29 is 30.0 Å². The van der Waals surface area contributed by atoms with E-state index in [1.165, 1.54) is 0 Å². The molecule has 3 aliphatic rings. The van der Waals surface area contributed by atoms with E-state index in [0.717, 1.165) is 0 Å². The van der Waals surface area contributed by atoms with Gasteiger partial charge in [-0.2, -0.15) is 0 Å². The van der Waals surface area contributed by atoms with Crippen LogP contribution < -0.4 is 0 Å². The number of carbonyl (C=O) groups excluding carboxylic acids is 2. The van der Waals surface area contributed by atoms with Gasteiger partial charge < -0.3 is 20.4 Å². The lowest BCUT2D eigenvalue weighted by Gasteiger charge is -2.38. The summed E-state index contributed by atoms with van der Waals surface area (Å²) in [6.07, 6.45) is 2.94. The third-order valence-electron chi connectivity index (χ3n) is 6.96. The van der Waals surface area contributed by atoms with Crippen LogP contribution in [0.2, 0.25) is 0 Å². The van der Waals surface area contributed by atoms with Crippen molar-refractivity contribution in [2.45, 2.75) is 70.0 Å². The van der Waals surface area contributed by atoms with Crippen LogP contribution in [-0.4, -0.2) is 44.2 Å². The Labute approximate surface area is 164 Å². The molecule has 0 amide bonds. The summed E-state index contributed by atoms with van der Waals surface area (Å²) >= 11 is 0.